The maximum absolute atomic E-state index is 12.2. The highest BCUT2D eigenvalue weighted by molar-refractivity contribution is 6.05. The van der Waals surface area contributed by atoms with Gasteiger partial charge in [-0.25, -0.2) is 0 Å². The first kappa shape index (κ1) is 16.1. The fourth-order valence-electron chi connectivity index (χ4n) is 2.43. The van der Waals surface area contributed by atoms with Crippen LogP contribution in [0, 0.1) is 5.92 Å². The highest BCUT2D eigenvalue weighted by atomic mass is 16.2. The quantitative estimate of drug-likeness (QED) is 0.721. The molecule has 0 aromatic rings. The number of nitrogens with one attached hydrogen (secondary N) is 1. The molecule has 0 aromatic heterocycles. The van der Waals surface area contributed by atoms with E-state index in [2.05, 4.69) is 24.1 Å². The van der Waals surface area contributed by atoms with Gasteiger partial charge in [-0.1, -0.05) is 13.8 Å². The standard InChI is InChI=1S/C14H27N3O2/c1-9(2)12(8-16(5)6)15-11-7-13(18)17(10(3)4)14(11)19/h9-12,15H,7-8H2,1-6H3. The van der Waals surface area contributed by atoms with Crippen molar-refractivity contribution in [2.45, 2.75) is 52.2 Å². The van der Waals surface area contributed by atoms with Crippen molar-refractivity contribution in [2.75, 3.05) is 20.6 Å². The van der Waals surface area contributed by atoms with Crippen LogP contribution in [0.15, 0.2) is 0 Å². The molecular weight excluding hydrogens is 242 g/mol. The molecule has 0 saturated carbocycles. The zero-order valence-electron chi connectivity index (χ0n) is 12.9. The van der Waals surface area contributed by atoms with Crippen molar-refractivity contribution in [1.82, 2.24) is 15.1 Å². The molecule has 5 heteroatoms. The van der Waals surface area contributed by atoms with E-state index in [0.29, 0.717) is 5.92 Å². The van der Waals surface area contributed by atoms with Crippen LogP contribution in [0.25, 0.3) is 0 Å². The SMILES string of the molecule is CC(C)C(CN(C)C)NC1CC(=O)N(C(C)C)C1=O. The zero-order chi connectivity index (χ0) is 14.7. The summed E-state index contributed by atoms with van der Waals surface area (Å²) >= 11 is 0. The molecule has 0 spiro atoms. The van der Waals surface area contributed by atoms with Crippen molar-refractivity contribution >= 4 is 11.8 Å². The summed E-state index contributed by atoms with van der Waals surface area (Å²) in [6, 6.07) is -0.204. The van der Waals surface area contributed by atoms with Crippen LogP contribution in [0.1, 0.15) is 34.1 Å². The molecule has 1 aliphatic heterocycles. The van der Waals surface area contributed by atoms with Gasteiger partial charge in [-0.3, -0.25) is 14.5 Å². The molecule has 19 heavy (non-hydrogen) atoms. The highest BCUT2D eigenvalue weighted by Crippen LogP contribution is 2.18. The van der Waals surface area contributed by atoms with Gasteiger partial charge >= 0.3 is 0 Å². The summed E-state index contributed by atoms with van der Waals surface area (Å²) in [7, 11) is 4.03. The first-order valence-corrected chi connectivity index (χ1v) is 7.00. The summed E-state index contributed by atoms with van der Waals surface area (Å²) in [6.07, 6.45) is 0.285. The van der Waals surface area contributed by atoms with E-state index in [0.717, 1.165) is 6.54 Å². The molecule has 0 radical (unpaired) electrons. The van der Waals surface area contributed by atoms with E-state index >= 15 is 0 Å². The Morgan fingerprint density at radius 1 is 1.26 bits per heavy atom. The predicted octanol–water partition coefficient (Wildman–Crippen LogP) is 0.698. The Bertz CT molecular complexity index is 340. The van der Waals surface area contributed by atoms with Gasteiger partial charge in [-0.05, 0) is 33.9 Å². The van der Waals surface area contributed by atoms with E-state index < -0.39 is 0 Å². The Labute approximate surface area is 116 Å². The second kappa shape index (κ2) is 6.48. The molecule has 1 N–H and O–H groups in total. The third-order valence-corrected chi connectivity index (χ3v) is 3.48. The second-order valence-corrected chi connectivity index (χ2v) is 6.23. The topological polar surface area (TPSA) is 52.7 Å². The van der Waals surface area contributed by atoms with Crippen LogP contribution in [0.4, 0.5) is 0 Å². The summed E-state index contributed by atoms with van der Waals surface area (Å²) < 4.78 is 0. The zero-order valence-corrected chi connectivity index (χ0v) is 12.9. The molecule has 110 valence electrons. The Kier molecular flexibility index (Phi) is 5.50. The molecular formula is C14H27N3O2. The molecule has 1 fully saturated rings. The van der Waals surface area contributed by atoms with Gasteiger partial charge in [0.2, 0.25) is 11.8 Å². The average molecular weight is 269 g/mol. The number of carbonyl (C=O) groups excluding carboxylic acids is 2. The molecule has 0 bridgehead atoms. The van der Waals surface area contributed by atoms with Crippen molar-refractivity contribution in [3.05, 3.63) is 0 Å². The number of likely N-dealkylation sites (N-methyl/N-ethyl adjacent to an activating group) is 1. The molecule has 2 atom stereocenters. The summed E-state index contributed by atoms with van der Waals surface area (Å²) in [6.45, 7) is 8.86. The van der Waals surface area contributed by atoms with Crippen molar-refractivity contribution in [2.24, 2.45) is 5.92 Å². The minimum Gasteiger partial charge on any atom is -0.308 e. The van der Waals surface area contributed by atoms with Crippen LogP contribution < -0.4 is 5.32 Å². The first-order chi connectivity index (χ1) is 8.73. The van der Waals surface area contributed by atoms with Gasteiger partial charge in [0.1, 0.15) is 0 Å². The molecule has 1 aliphatic rings. The van der Waals surface area contributed by atoms with Gasteiger partial charge in [0.05, 0.1) is 12.5 Å². The number of nitrogens with zero attached hydrogens (tertiary/aromatic N) is 2. The molecule has 1 saturated heterocycles. The molecule has 2 amide bonds. The van der Waals surface area contributed by atoms with Gasteiger partial charge < -0.3 is 10.2 Å². The van der Waals surface area contributed by atoms with Gasteiger partial charge in [-0.2, -0.15) is 0 Å². The fraction of sp³-hybridized carbons (Fsp3) is 0.857. The van der Waals surface area contributed by atoms with Crippen molar-refractivity contribution < 1.29 is 9.59 Å². The largest absolute Gasteiger partial charge is 0.308 e. The molecule has 5 nitrogen and oxygen atoms in total. The van der Waals surface area contributed by atoms with E-state index in [1.54, 1.807) is 0 Å². The maximum atomic E-state index is 12.2. The van der Waals surface area contributed by atoms with Crippen molar-refractivity contribution in [3.63, 3.8) is 0 Å². The molecule has 0 aliphatic carbocycles. The summed E-state index contributed by atoms with van der Waals surface area (Å²) in [5, 5.41) is 3.36. The van der Waals surface area contributed by atoms with E-state index in [1.807, 2.05) is 27.9 Å². The number of rotatable bonds is 6. The van der Waals surface area contributed by atoms with Crippen LogP contribution in [-0.2, 0) is 9.59 Å². The van der Waals surface area contributed by atoms with E-state index in [-0.39, 0.29) is 36.4 Å². The van der Waals surface area contributed by atoms with E-state index in [9.17, 15) is 9.59 Å². The van der Waals surface area contributed by atoms with Crippen LogP contribution in [0.3, 0.4) is 0 Å². The third-order valence-electron chi connectivity index (χ3n) is 3.48. The molecule has 1 rings (SSSR count). The normalized spacial score (nSPS) is 22.2. The number of imide groups is 1. The lowest BCUT2D eigenvalue weighted by Gasteiger charge is -2.28. The minimum absolute atomic E-state index is 0.0573. The Balaban J connectivity index is 2.71. The Morgan fingerprint density at radius 2 is 1.84 bits per heavy atom. The minimum atomic E-state index is -0.359. The highest BCUT2D eigenvalue weighted by Gasteiger charge is 2.40. The fourth-order valence-corrected chi connectivity index (χ4v) is 2.43. The van der Waals surface area contributed by atoms with Gasteiger partial charge in [-0.15, -0.1) is 0 Å². The smallest absolute Gasteiger partial charge is 0.247 e. The Hall–Kier alpha value is -0.940. The predicted molar refractivity (Wildman–Crippen MR) is 75.7 cm³/mol. The molecule has 1 heterocycles. The molecule has 2 unspecified atom stereocenters. The van der Waals surface area contributed by atoms with Crippen LogP contribution in [0.5, 0.6) is 0 Å². The summed E-state index contributed by atoms with van der Waals surface area (Å²) in [4.78, 5) is 27.6. The number of hydrogen-bond donors (Lipinski definition) is 1. The number of likely N-dealkylation sites (tertiary alicyclic amines) is 1. The summed E-state index contributed by atoms with van der Waals surface area (Å²) in [5.74, 6) is 0.271. The van der Waals surface area contributed by atoms with Crippen LogP contribution in [-0.4, -0.2) is 60.4 Å². The van der Waals surface area contributed by atoms with Gasteiger partial charge in [0, 0.05) is 18.6 Å². The van der Waals surface area contributed by atoms with Crippen molar-refractivity contribution in [3.8, 4) is 0 Å². The van der Waals surface area contributed by atoms with E-state index in [4.69, 9.17) is 0 Å². The Morgan fingerprint density at radius 3 is 2.21 bits per heavy atom. The van der Waals surface area contributed by atoms with Crippen LogP contribution >= 0.6 is 0 Å². The van der Waals surface area contributed by atoms with Crippen molar-refractivity contribution in [1.29, 1.82) is 0 Å². The number of amides is 2. The number of hydrogen-bond acceptors (Lipinski definition) is 4. The lowest BCUT2D eigenvalue weighted by molar-refractivity contribution is -0.140. The number of carbonyl (C=O) groups is 2. The first-order valence-electron chi connectivity index (χ1n) is 7.00. The second-order valence-electron chi connectivity index (χ2n) is 6.23. The maximum Gasteiger partial charge on any atom is 0.247 e. The average Bonchev–Trinajstić information content (AvgIpc) is 2.52. The van der Waals surface area contributed by atoms with Gasteiger partial charge in [0.15, 0.2) is 0 Å². The van der Waals surface area contributed by atoms with Gasteiger partial charge in [0.25, 0.3) is 0 Å². The summed E-state index contributed by atoms with van der Waals surface area (Å²) in [5.41, 5.74) is 0. The molecule has 0 aromatic carbocycles. The van der Waals surface area contributed by atoms with E-state index in [1.165, 1.54) is 4.90 Å². The lowest BCUT2D eigenvalue weighted by Crippen LogP contribution is -2.50. The van der Waals surface area contributed by atoms with Crippen LogP contribution in [0.2, 0.25) is 0 Å². The monoisotopic (exact) mass is 269 g/mol. The third kappa shape index (κ3) is 4.01. The lowest BCUT2D eigenvalue weighted by atomic mass is 10.0.